The van der Waals surface area contributed by atoms with Crippen LogP contribution in [-0.4, -0.2) is 15.7 Å². The minimum absolute atomic E-state index is 0.0658. The van der Waals surface area contributed by atoms with Gasteiger partial charge in [0.25, 0.3) is 0 Å². The van der Waals surface area contributed by atoms with E-state index in [2.05, 4.69) is 24.3 Å². The Morgan fingerprint density at radius 1 is 1.44 bits per heavy atom. The lowest BCUT2D eigenvalue weighted by Gasteiger charge is -2.12. The standard InChI is InChI=1S/C12H21N3O/c1-9(2)5-6-12(16)14-11-7-8-13-15(11)10(3)4/h7-10H,5-6H2,1-4H3,(H,14,16). The topological polar surface area (TPSA) is 46.9 Å². The second-order valence-corrected chi connectivity index (χ2v) is 4.74. The van der Waals surface area contributed by atoms with Crippen molar-refractivity contribution < 1.29 is 4.79 Å². The highest BCUT2D eigenvalue weighted by Gasteiger charge is 2.09. The number of carbonyl (C=O) groups is 1. The smallest absolute Gasteiger partial charge is 0.225 e. The number of nitrogens with zero attached hydrogens (tertiary/aromatic N) is 2. The molecule has 0 bridgehead atoms. The van der Waals surface area contributed by atoms with Gasteiger partial charge in [-0.05, 0) is 26.2 Å². The van der Waals surface area contributed by atoms with Gasteiger partial charge in [0.15, 0.2) is 0 Å². The minimum Gasteiger partial charge on any atom is -0.311 e. The molecule has 0 atom stereocenters. The molecule has 4 nitrogen and oxygen atoms in total. The van der Waals surface area contributed by atoms with Gasteiger partial charge in [0.05, 0.1) is 6.20 Å². The summed E-state index contributed by atoms with van der Waals surface area (Å²) in [5, 5.41) is 7.05. The number of nitrogens with one attached hydrogen (secondary N) is 1. The fourth-order valence-corrected chi connectivity index (χ4v) is 1.45. The average Bonchev–Trinajstić information content (AvgIpc) is 2.62. The molecule has 1 aromatic rings. The van der Waals surface area contributed by atoms with Crippen LogP contribution in [0.2, 0.25) is 0 Å². The number of carbonyl (C=O) groups excluding carboxylic acids is 1. The zero-order chi connectivity index (χ0) is 12.1. The van der Waals surface area contributed by atoms with E-state index in [4.69, 9.17) is 0 Å². The molecule has 0 aliphatic heterocycles. The first-order valence-electron chi connectivity index (χ1n) is 5.84. The molecule has 0 saturated heterocycles. The fraction of sp³-hybridized carbons (Fsp3) is 0.667. The first kappa shape index (κ1) is 12.7. The van der Waals surface area contributed by atoms with Crippen molar-refractivity contribution in [1.82, 2.24) is 9.78 Å². The normalized spacial score (nSPS) is 11.1. The third kappa shape index (κ3) is 3.68. The molecule has 0 saturated carbocycles. The molecular formula is C12H21N3O. The van der Waals surface area contributed by atoms with Crippen molar-refractivity contribution >= 4 is 11.7 Å². The molecule has 0 fully saturated rings. The van der Waals surface area contributed by atoms with Crippen molar-refractivity contribution in [1.29, 1.82) is 0 Å². The van der Waals surface area contributed by atoms with Crippen molar-refractivity contribution in [3.05, 3.63) is 12.3 Å². The number of amides is 1. The van der Waals surface area contributed by atoms with Gasteiger partial charge in [-0.2, -0.15) is 5.10 Å². The van der Waals surface area contributed by atoms with Crippen LogP contribution in [0, 0.1) is 5.92 Å². The lowest BCUT2D eigenvalue weighted by Crippen LogP contribution is -2.16. The maximum Gasteiger partial charge on any atom is 0.225 e. The third-order valence-corrected chi connectivity index (χ3v) is 2.38. The van der Waals surface area contributed by atoms with Crippen molar-refractivity contribution in [3.8, 4) is 0 Å². The van der Waals surface area contributed by atoms with E-state index in [-0.39, 0.29) is 11.9 Å². The Hall–Kier alpha value is -1.32. The Bertz CT molecular complexity index is 342. The molecule has 0 unspecified atom stereocenters. The summed E-state index contributed by atoms with van der Waals surface area (Å²) in [6.45, 7) is 8.31. The van der Waals surface area contributed by atoms with Gasteiger partial charge in [0.1, 0.15) is 5.82 Å². The molecule has 4 heteroatoms. The summed E-state index contributed by atoms with van der Waals surface area (Å²) in [5.41, 5.74) is 0. The van der Waals surface area contributed by atoms with E-state index in [1.54, 1.807) is 6.20 Å². The molecule has 0 aliphatic carbocycles. The van der Waals surface area contributed by atoms with Gasteiger partial charge >= 0.3 is 0 Å². The molecule has 1 rings (SSSR count). The molecular weight excluding hydrogens is 202 g/mol. The van der Waals surface area contributed by atoms with Gasteiger partial charge in [-0.25, -0.2) is 4.68 Å². The van der Waals surface area contributed by atoms with Gasteiger partial charge in [-0.1, -0.05) is 13.8 Å². The molecule has 0 aromatic carbocycles. The summed E-state index contributed by atoms with van der Waals surface area (Å²) in [6.07, 6.45) is 3.20. The maximum absolute atomic E-state index is 11.6. The third-order valence-electron chi connectivity index (χ3n) is 2.38. The Morgan fingerprint density at radius 3 is 2.69 bits per heavy atom. The van der Waals surface area contributed by atoms with Gasteiger partial charge in [-0.15, -0.1) is 0 Å². The van der Waals surface area contributed by atoms with Crippen LogP contribution in [0.25, 0.3) is 0 Å². The van der Waals surface area contributed by atoms with E-state index in [9.17, 15) is 4.79 Å². The highest BCUT2D eigenvalue weighted by atomic mass is 16.1. The Kier molecular flexibility index (Phi) is 4.52. The second-order valence-electron chi connectivity index (χ2n) is 4.74. The zero-order valence-electron chi connectivity index (χ0n) is 10.5. The van der Waals surface area contributed by atoms with E-state index in [1.807, 2.05) is 24.6 Å². The van der Waals surface area contributed by atoms with Crippen LogP contribution in [0.3, 0.4) is 0 Å². The average molecular weight is 223 g/mol. The summed E-state index contributed by atoms with van der Waals surface area (Å²) in [5.74, 6) is 1.40. The van der Waals surface area contributed by atoms with Crippen molar-refractivity contribution in [2.24, 2.45) is 5.92 Å². The number of rotatable bonds is 5. The summed E-state index contributed by atoms with van der Waals surface area (Å²) in [7, 11) is 0. The van der Waals surface area contributed by atoms with Gasteiger partial charge in [0, 0.05) is 18.5 Å². The highest BCUT2D eigenvalue weighted by Crippen LogP contribution is 2.14. The van der Waals surface area contributed by atoms with Crippen LogP contribution in [-0.2, 0) is 4.79 Å². The lowest BCUT2D eigenvalue weighted by atomic mass is 10.1. The fourth-order valence-electron chi connectivity index (χ4n) is 1.45. The van der Waals surface area contributed by atoms with E-state index in [1.165, 1.54) is 0 Å². The van der Waals surface area contributed by atoms with Crippen LogP contribution in [0.4, 0.5) is 5.82 Å². The predicted octanol–water partition coefficient (Wildman–Crippen LogP) is 2.84. The van der Waals surface area contributed by atoms with Gasteiger partial charge in [0.2, 0.25) is 5.91 Å². The maximum atomic E-state index is 11.6. The SMILES string of the molecule is CC(C)CCC(=O)Nc1ccnn1C(C)C. The molecule has 1 N–H and O–H groups in total. The minimum atomic E-state index is 0.0658. The predicted molar refractivity (Wildman–Crippen MR) is 65.3 cm³/mol. The van der Waals surface area contributed by atoms with Crippen LogP contribution >= 0.6 is 0 Å². The molecule has 0 spiro atoms. The number of hydrogen-bond acceptors (Lipinski definition) is 2. The molecule has 90 valence electrons. The van der Waals surface area contributed by atoms with Crippen LogP contribution in [0.15, 0.2) is 12.3 Å². The highest BCUT2D eigenvalue weighted by molar-refractivity contribution is 5.89. The summed E-state index contributed by atoms with van der Waals surface area (Å²) in [4.78, 5) is 11.6. The van der Waals surface area contributed by atoms with Crippen LogP contribution in [0.5, 0.6) is 0 Å². The molecule has 1 aromatic heterocycles. The lowest BCUT2D eigenvalue weighted by molar-refractivity contribution is -0.116. The quantitative estimate of drug-likeness (QED) is 0.834. The first-order chi connectivity index (χ1) is 7.50. The zero-order valence-corrected chi connectivity index (χ0v) is 10.5. The van der Waals surface area contributed by atoms with Gasteiger partial charge < -0.3 is 5.32 Å². The van der Waals surface area contributed by atoms with E-state index in [0.29, 0.717) is 12.3 Å². The number of aromatic nitrogens is 2. The van der Waals surface area contributed by atoms with Crippen LogP contribution < -0.4 is 5.32 Å². The van der Waals surface area contributed by atoms with E-state index >= 15 is 0 Å². The molecule has 1 amide bonds. The largest absolute Gasteiger partial charge is 0.311 e. The van der Waals surface area contributed by atoms with E-state index < -0.39 is 0 Å². The second kappa shape index (κ2) is 5.68. The van der Waals surface area contributed by atoms with Crippen molar-refractivity contribution in [2.75, 3.05) is 5.32 Å². The first-order valence-corrected chi connectivity index (χ1v) is 5.84. The molecule has 0 radical (unpaired) electrons. The summed E-state index contributed by atoms with van der Waals surface area (Å²) < 4.78 is 1.81. The molecule has 16 heavy (non-hydrogen) atoms. The van der Waals surface area contributed by atoms with Crippen LogP contribution in [0.1, 0.15) is 46.6 Å². The van der Waals surface area contributed by atoms with Gasteiger partial charge in [-0.3, -0.25) is 4.79 Å². The number of anilines is 1. The van der Waals surface area contributed by atoms with Crippen molar-refractivity contribution in [3.63, 3.8) is 0 Å². The summed E-state index contributed by atoms with van der Waals surface area (Å²) in [6, 6.07) is 2.09. The Balaban J connectivity index is 2.53. The molecule has 0 aliphatic rings. The Morgan fingerprint density at radius 2 is 2.12 bits per heavy atom. The molecule has 1 heterocycles. The Labute approximate surface area is 97.0 Å². The number of hydrogen-bond donors (Lipinski definition) is 1. The monoisotopic (exact) mass is 223 g/mol. The van der Waals surface area contributed by atoms with Crippen molar-refractivity contribution in [2.45, 2.75) is 46.6 Å². The summed E-state index contributed by atoms with van der Waals surface area (Å²) >= 11 is 0. The van der Waals surface area contributed by atoms with E-state index in [0.717, 1.165) is 12.2 Å².